The Bertz CT molecular complexity index is 474. The van der Waals surface area contributed by atoms with Crippen molar-refractivity contribution in [3.63, 3.8) is 0 Å². The molecule has 1 N–H and O–H groups in total. The van der Waals surface area contributed by atoms with Crippen molar-refractivity contribution in [1.82, 2.24) is 0 Å². The van der Waals surface area contributed by atoms with Gasteiger partial charge in [0.25, 0.3) is 0 Å². The molecule has 0 saturated heterocycles. The standard InChI is InChI=1S/C15H16O3/c1-17-11-13-4-8-15(9-5-13)18-14-6-2-12(10-16)3-7-14/h2-9,16H,10-11H2,1H3. The summed E-state index contributed by atoms with van der Waals surface area (Å²) >= 11 is 0. The Morgan fingerprint density at radius 2 is 1.33 bits per heavy atom. The molecule has 0 aliphatic heterocycles. The summed E-state index contributed by atoms with van der Waals surface area (Å²) in [6.07, 6.45) is 0. The molecule has 0 aromatic heterocycles. The average molecular weight is 244 g/mol. The summed E-state index contributed by atoms with van der Waals surface area (Å²) in [7, 11) is 1.67. The molecule has 0 spiro atoms. The minimum absolute atomic E-state index is 0.0476. The van der Waals surface area contributed by atoms with Crippen LogP contribution in [0.4, 0.5) is 0 Å². The molecule has 18 heavy (non-hydrogen) atoms. The van der Waals surface area contributed by atoms with Crippen molar-refractivity contribution in [3.8, 4) is 11.5 Å². The maximum atomic E-state index is 8.95. The third-order valence-corrected chi connectivity index (χ3v) is 2.58. The molecule has 0 bridgehead atoms. The van der Waals surface area contributed by atoms with Crippen molar-refractivity contribution >= 4 is 0 Å². The Morgan fingerprint density at radius 1 is 0.833 bits per heavy atom. The van der Waals surface area contributed by atoms with Crippen LogP contribution in [0.2, 0.25) is 0 Å². The lowest BCUT2D eigenvalue weighted by molar-refractivity contribution is 0.185. The summed E-state index contributed by atoms with van der Waals surface area (Å²) in [5, 5.41) is 8.95. The Kier molecular flexibility index (Phi) is 4.34. The summed E-state index contributed by atoms with van der Waals surface area (Å²) in [6.45, 7) is 0.650. The fraction of sp³-hybridized carbons (Fsp3) is 0.200. The van der Waals surface area contributed by atoms with Crippen LogP contribution in [0.1, 0.15) is 11.1 Å². The molecule has 3 nitrogen and oxygen atoms in total. The molecule has 0 saturated carbocycles. The van der Waals surface area contributed by atoms with E-state index in [4.69, 9.17) is 14.6 Å². The Morgan fingerprint density at radius 3 is 1.78 bits per heavy atom. The first kappa shape index (κ1) is 12.6. The van der Waals surface area contributed by atoms with Gasteiger partial charge in [-0.15, -0.1) is 0 Å². The first-order valence-corrected chi connectivity index (χ1v) is 5.77. The number of hydrogen-bond acceptors (Lipinski definition) is 3. The van der Waals surface area contributed by atoms with E-state index >= 15 is 0 Å². The zero-order valence-corrected chi connectivity index (χ0v) is 10.3. The molecule has 94 valence electrons. The Hall–Kier alpha value is -1.84. The lowest BCUT2D eigenvalue weighted by Gasteiger charge is -2.07. The molecule has 0 amide bonds. The van der Waals surface area contributed by atoms with Gasteiger partial charge in [-0.2, -0.15) is 0 Å². The van der Waals surface area contributed by atoms with Crippen LogP contribution in [-0.2, 0) is 18.0 Å². The van der Waals surface area contributed by atoms with Crippen LogP contribution >= 0.6 is 0 Å². The fourth-order valence-corrected chi connectivity index (χ4v) is 1.62. The third-order valence-electron chi connectivity index (χ3n) is 2.58. The van der Waals surface area contributed by atoms with Gasteiger partial charge in [-0.1, -0.05) is 24.3 Å². The Balaban J connectivity index is 2.03. The van der Waals surface area contributed by atoms with E-state index in [1.807, 2.05) is 48.5 Å². The second-order valence-electron chi connectivity index (χ2n) is 3.98. The largest absolute Gasteiger partial charge is 0.457 e. The van der Waals surface area contributed by atoms with Crippen LogP contribution in [0.15, 0.2) is 48.5 Å². The van der Waals surface area contributed by atoms with Gasteiger partial charge in [0, 0.05) is 7.11 Å². The summed E-state index contributed by atoms with van der Waals surface area (Å²) in [6, 6.07) is 15.1. The van der Waals surface area contributed by atoms with Crippen molar-refractivity contribution in [2.45, 2.75) is 13.2 Å². The normalized spacial score (nSPS) is 10.3. The molecule has 0 radical (unpaired) electrons. The zero-order valence-electron chi connectivity index (χ0n) is 10.3. The van der Waals surface area contributed by atoms with Gasteiger partial charge in [0.1, 0.15) is 11.5 Å². The predicted octanol–water partition coefficient (Wildman–Crippen LogP) is 3.12. The van der Waals surface area contributed by atoms with Crippen LogP contribution in [0, 0.1) is 0 Å². The monoisotopic (exact) mass is 244 g/mol. The maximum absolute atomic E-state index is 8.95. The predicted molar refractivity (Wildman–Crippen MR) is 69.6 cm³/mol. The highest BCUT2D eigenvalue weighted by Crippen LogP contribution is 2.22. The van der Waals surface area contributed by atoms with Gasteiger partial charge < -0.3 is 14.6 Å². The van der Waals surface area contributed by atoms with Crippen molar-refractivity contribution in [1.29, 1.82) is 0 Å². The zero-order chi connectivity index (χ0) is 12.8. The molecular formula is C15H16O3. The van der Waals surface area contributed by atoms with E-state index in [2.05, 4.69) is 0 Å². The van der Waals surface area contributed by atoms with Gasteiger partial charge in [0.05, 0.1) is 13.2 Å². The second-order valence-corrected chi connectivity index (χ2v) is 3.98. The lowest BCUT2D eigenvalue weighted by Crippen LogP contribution is -1.89. The third kappa shape index (κ3) is 3.32. The number of ether oxygens (including phenoxy) is 2. The van der Waals surface area contributed by atoms with Gasteiger partial charge in [-0.25, -0.2) is 0 Å². The van der Waals surface area contributed by atoms with Crippen LogP contribution in [0.5, 0.6) is 11.5 Å². The van der Waals surface area contributed by atoms with Crippen molar-refractivity contribution in [2.24, 2.45) is 0 Å². The number of benzene rings is 2. The highest BCUT2D eigenvalue weighted by molar-refractivity contribution is 5.34. The number of aliphatic hydroxyl groups is 1. The highest BCUT2D eigenvalue weighted by Gasteiger charge is 1.98. The molecule has 0 atom stereocenters. The van der Waals surface area contributed by atoms with Crippen LogP contribution in [0.3, 0.4) is 0 Å². The number of rotatable bonds is 5. The van der Waals surface area contributed by atoms with Crippen LogP contribution in [0.25, 0.3) is 0 Å². The van der Waals surface area contributed by atoms with Gasteiger partial charge in [-0.05, 0) is 35.4 Å². The molecule has 0 fully saturated rings. The van der Waals surface area contributed by atoms with Gasteiger partial charge in [0.2, 0.25) is 0 Å². The fourth-order valence-electron chi connectivity index (χ4n) is 1.62. The van der Waals surface area contributed by atoms with Gasteiger partial charge in [-0.3, -0.25) is 0 Å². The molecule has 0 aliphatic rings. The van der Waals surface area contributed by atoms with Gasteiger partial charge >= 0.3 is 0 Å². The van der Waals surface area contributed by atoms with E-state index in [1.54, 1.807) is 7.11 Å². The lowest BCUT2D eigenvalue weighted by atomic mass is 10.2. The smallest absolute Gasteiger partial charge is 0.127 e. The van der Waals surface area contributed by atoms with E-state index in [-0.39, 0.29) is 6.61 Å². The van der Waals surface area contributed by atoms with Crippen molar-refractivity contribution < 1.29 is 14.6 Å². The van der Waals surface area contributed by atoms with E-state index in [0.717, 1.165) is 22.6 Å². The number of aliphatic hydroxyl groups excluding tert-OH is 1. The van der Waals surface area contributed by atoms with E-state index < -0.39 is 0 Å². The second kappa shape index (κ2) is 6.19. The maximum Gasteiger partial charge on any atom is 0.127 e. The molecule has 0 unspecified atom stereocenters. The van der Waals surface area contributed by atoms with Crippen molar-refractivity contribution in [2.75, 3.05) is 7.11 Å². The minimum Gasteiger partial charge on any atom is -0.457 e. The highest BCUT2D eigenvalue weighted by atomic mass is 16.5. The summed E-state index contributed by atoms with van der Waals surface area (Å²) in [5.41, 5.74) is 1.98. The van der Waals surface area contributed by atoms with E-state index in [0.29, 0.717) is 6.61 Å². The summed E-state index contributed by atoms with van der Waals surface area (Å²) in [5.74, 6) is 1.54. The molecule has 3 heteroatoms. The SMILES string of the molecule is COCc1ccc(Oc2ccc(CO)cc2)cc1. The first-order chi connectivity index (χ1) is 8.81. The summed E-state index contributed by atoms with van der Waals surface area (Å²) in [4.78, 5) is 0. The minimum atomic E-state index is 0.0476. The average Bonchev–Trinajstić information content (AvgIpc) is 2.42. The molecule has 2 aromatic rings. The van der Waals surface area contributed by atoms with Crippen LogP contribution < -0.4 is 4.74 Å². The van der Waals surface area contributed by atoms with E-state index in [9.17, 15) is 0 Å². The molecule has 2 aromatic carbocycles. The van der Waals surface area contributed by atoms with Crippen LogP contribution in [-0.4, -0.2) is 12.2 Å². The van der Waals surface area contributed by atoms with Crippen molar-refractivity contribution in [3.05, 3.63) is 59.7 Å². The van der Waals surface area contributed by atoms with E-state index in [1.165, 1.54) is 0 Å². The molecule has 0 heterocycles. The number of methoxy groups -OCH3 is 1. The summed E-state index contributed by atoms with van der Waals surface area (Å²) < 4.78 is 10.7. The van der Waals surface area contributed by atoms with Gasteiger partial charge in [0.15, 0.2) is 0 Å². The molecular weight excluding hydrogens is 228 g/mol. The topological polar surface area (TPSA) is 38.7 Å². The Labute approximate surface area is 107 Å². The number of hydrogen-bond donors (Lipinski definition) is 1. The molecule has 2 rings (SSSR count). The first-order valence-electron chi connectivity index (χ1n) is 5.77. The quantitative estimate of drug-likeness (QED) is 0.878. The molecule has 0 aliphatic carbocycles.